The van der Waals surface area contributed by atoms with E-state index in [0.29, 0.717) is 49.4 Å². The first-order valence-corrected chi connectivity index (χ1v) is 25.7. The van der Waals surface area contributed by atoms with Crippen LogP contribution in [0.4, 0.5) is 0 Å². The highest BCUT2D eigenvalue weighted by Crippen LogP contribution is 2.61. The zero-order valence-electron chi connectivity index (χ0n) is 43.5. The second kappa shape index (κ2) is 21.3. The average molecular weight is 987 g/mol. The Morgan fingerprint density at radius 2 is 0.771 bits per heavy atom. The molecule has 0 radical (unpaired) electrons. The second-order valence-corrected chi connectivity index (χ2v) is 24.8. The number of hydrogen-bond donors (Lipinski definition) is 0. The van der Waals surface area contributed by atoms with Crippen LogP contribution in [0, 0.1) is 92.7 Å². The summed E-state index contributed by atoms with van der Waals surface area (Å²) >= 11 is 0. The fourth-order valence-electron chi connectivity index (χ4n) is 14.7. The number of methoxy groups -OCH3 is 2. The molecule has 0 aromatic carbocycles. The minimum absolute atomic E-state index is 0. The van der Waals surface area contributed by atoms with Gasteiger partial charge in [0.2, 0.25) is 0 Å². The van der Waals surface area contributed by atoms with E-state index in [1.165, 1.54) is 92.3 Å². The molecule has 10 fully saturated rings. The summed E-state index contributed by atoms with van der Waals surface area (Å²) in [5.41, 5.74) is -3.42. The van der Waals surface area contributed by atoms with E-state index in [-0.39, 0.29) is 49.9 Å². The monoisotopic (exact) mass is 987 g/mol. The molecule has 0 aromatic heterocycles. The van der Waals surface area contributed by atoms with Crippen LogP contribution in [-0.4, -0.2) is 73.2 Å². The molecule has 8 bridgehead atoms. The quantitative estimate of drug-likeness (QED) is 0.0961. The number of carbonyl (C=O) groups is 8. The van der Waals surface area contributed by atoms with Crippen molar-refractivity contribution in [3.63, 3.8) is 0 Å². The van der Waals surface area contributed by atoms with Crippen LogP contribution in [0.5, 0.6) is 0 Å². The van der Waals surface area contributed by atoms with Gasteiger partial charge in [-0.1, -0.05) is 42.5 Å². The van der Waals surface area contributed by atoms with E-state index < -0.39 is 69.2 Å². The molecule has 8 aliphatic carbocycles. The van der Waals surface area contributed by atoms with Crippen molar-refractivity contribution in [2.75, 3.05) is 14.2 Å². The van der Waals surface area contributed by atoms with Crippen molar-refractivity contribution in [3.8, 4) is 0 Å². The molecule has 10 rings (SSSR count). The summed E-state index contributed by atoms with van der Waals surface area (Å²) < 4.78 is 31.4. The van der Waals surface area contributed by atoms with Crippen molar-refractivity contribution in [2.45, 2.75) is 199 Å². The Balaban J connectivity index is 0.000000263. The molecule has 6 atom stereocenters. The molecule has 10 aliphatic rings. The lowest BCUT2D eigenvalue weighted by Crippen LogP contribution is -2.59. The van der Waals surface area contributed by atoms with E-state index >= 15 is 0 Å². The highest BCUT2D eigenvalue weighted by molar-refractivity contribution is 6.03. The maximum Gasteiger partial charge on any atom is 0.318 e. The summed E-state index contributed by atoms with van der Waals surface area (Å²) in [6, 6.07) is 0. The molecule has 70 heavy (non-hydrogen) atoms. The van der Waals surface area contributed by atoms with Crippen LogP contribution in [0.25, 0.3) is 0 Å². The molecule has 0 aromatic rings. The van der Waals surface area contributed by atoms with Gasteiger partial charge in [0.25, 0.3) is 0 Å². The smallest absolute Gasteiger partial charge is 0.318 e. The molecule has 8 saturated carbocycles. The molecule has 2 saturated heterocycles. The predicted molar refractivity (Wildman–Crippen MR) is 262 cm³/mol. The molecular weight excluding hydrogens is 897 g/mol. The van der Waals surface area contributed by atoms with Gasteiger partial charge in [0, 0.05) is 0 Å². The van der Waals surface area contributed by atoms with Crippen molar-refractivity contribution < 1.29 is 66.8 Å². The van der Waals surface area contributed by atoms with E-state index in [9.17, 15) is 38.4 Å². The number of carbonyl (C=O) groups excluding carboxylic acids is 8. The van der Waals surface area contributed by atoms with Gasteiger partial charge in [0.15, 0.2) is 0 Å². The van der Waals surface area contributed by atoms with Gasteiger partial charge in [-0.25, -0.2) is 0 Å². The fourth-order valence-corrected chi connectivity index (χ4v) is 14.7. The van der Waals surface area contributed by atoms with E-state index in [0.717, 1.165) is 23.7 Å². The summed E-state index contributed by atoms with van der Waals surface area (Å²) in [6.45, 7) is 22.8. The van der Waals surface area contributed by atoms with Crippen LogP contribution in [0.1, 0.15) is 188 Å². The van der Waals surface area contributed by atoms with Gasteiger partial charge in [-0.3, -0.25) is 38.4 Å². The minimum Gasteiger partial charge on any atom is -0.469 e. The summed E-state index contributed by atoms with van der Waals surface area (Å²) in [5, 5.41) is 0. The Hall–Kier alpha value is -3.84. The molecule has 14 nitrogen and oxygen atoms in total. The van der Waals surface area contributed by atoms with Crippen molar-refractivity contribution >= 4 is 47.8 Å². The van der Waals surface area contributed by atoms with E-state index in [1.807, 2.05) is 34.6 Å². The topological polar surface area (TPSA) is 192 Å². The number of rotatable bonds is 13. The second-order valence-electron chi connectivity index (χ2n) is 24.8. The number of esters is 8. The maximum atomic E-state index is 13.9. The first-order valence-electron chi connectivity index (χ1n) is 25.7. The largest absolute Gasteiger partial charge is 0.469 e. The lowest BCUT2D eigenvalue weighted by atomic mass is 9.50. The van der Waals surface area contributed by atoms with Gasteiger partial charge < -0.3 is 28.4 Å². The third-order valence-electron chi connectivity index (χ3n) is 19.0. The van der Waals surface area contributed by atoms with E-state index in [4.69, 9.17) is 18.9 Å². The highest BCUT2D eigenvalue weighted by Gasteiger charge is 2.61. The summed E-state index contributed by atoms with van der Waals surface area (Å²) in [5.74, 6) is -1.44. The van der Waals surface area contributed by atoms with Crippen LogP contribution < -0.4 is 0 Å². The Morgan fingerprint density at radius 1 is 0.486 bits per heavy atom. The Bertz CT molecular complexity index is 1900. The third-order valence-corrected chi connectivity index (χ3v) is 19.0. The Morgan fingerprint density at radius 3 is 1.04 bits per heavy atom. The van der Waals surface area contributed by atoms with Crippen molar-refractivity contribution in [1.29, 1.82) is 0 Å². The van der Waals surface area contributed by atoms with Gasteiger partial charge >= 0.3 is 47.8 Å². The summed E-state index contributed by atoms with van der Waals surface area (Å²) in [4.78, 5) is 96.0. The van der Waals surface area contributed by atoms with Gasteiger partial charge in [-0.05, 0) is 193 Å². The normalized spacial score (nSPS) is 37.1. The standard InChI is InChI=1S/C32H50O4.C12H22O4.C10H10O6.2CH4/c1-7-30(4,28(34)36-32(6)25-14-21-9-22(16-25)17-26(32)15-21)18-29(2,3)27(33)35-31(5)23-10-19-8-20(12-23)13-24(31)11-19;1-7-12(4,10(14)16-6)8-11(2,3)9(13)15-5;1-3-5(9(13)15-7(3)11)6-4(2)8(12)16-10(6)14;;/h19-26H,7-18H2,1-6H3;7-8H2,1-6H3;3-6H,1-2H3;2*1H4. The first-order chi connectivity index (χ1) is 31.5. The van der Waals surface area contributed by atoms with E-state index in [2.05, 4.69) is 30.2 Å². The SMILES string of the molecule is C.C.CC1C(=O)OC(=O)C1C1C(=O)OC(=O)C1C.CCC(C)(CC(C)(C)C(=O)OC)C(=O)OC.CCC(C)(CC(C)(C)C(=O)OC1(C)C2CC3CC(C2)CC1C3)C(=O)OC1(C)C2CC3CC(C2)CC1C3. The highest BCUT2D eigenvalue weighted by atomic mass is 16.6. The van der Waals surface area contributed by atoms with Crippen molar-refractivity contribution in [2.24, 2.45) is 92.7 Å². The van der Waals surface area contributed by atoms with Gasteiger partial charge in [-0.2, -0.15) is 0 Å². The van der Waals surface area contributed by atoms with Crippen molar-refractivity contribution in [3.05, 3.63) is 0 Å². The molecule has 14 heteroatoms. The molecule has 2 aliphatic heterocycles. The first kappa shape index (κ1) is 58.7. The molecule has 2 heterocycles. The van der Waals surface area contributed by atoms with Gasteiger partial charge in [-0.15, -0.1) is 0 Å². The fraction of sp³-hybridized carbons (Fsp3) is 0.857. The van der Waals surface area contributed by atoms with Crippen molar-refractivity contribution in [1.82, 2.24) is 0 Å². The van der Waals surface area contributed by atoms with Crippen LogP contribution in [-0.2, 0) is 66.8 Å². The summed E-state index contributed by atoms with van der Waals surface area (Å²) in [6.07, 6.45) is 14.7. The van der Waals surface area contributed by atoms with Crippen LogP contribution >= 0.6 is 0 Å². The Kier molecular flexibility index (Phi) is 17.9. The lowest BCUT2D eigenvalue weighted by molar-refractivity contribution is -0.218. The molecule has 0 N–H and O–H groups in total. The molecule has 0 amide bonds. The maximum absolute atomic E-state index is 13.9. The number of cyclic esters (lactones) is 4. The molecule has 6 unspecified atom stereocenters. The summed E-state index contributed by atoms with van der Waals surface area (Å²) in [7, 11) is 2.72. The zero-order chi connectivity index (χ0) is 50.7. The van der Waals surface area contributed by atoms with Gasteiger partial charge in [0.1, 0.15) is 11.2 Å². The van der Waals surface area contributed by atoms with Crippen LogP contribution in [0.3, 0.4) is 0 Å². The Labute approximate surface area is 419 Å². The zero-order valence-corrected chi connectivity index (χ0v) is 43.5. The van der Waals surface area contributed by atoms with Crippen LogP contribution in [0.2, 0.25) is 0 Å². The van der Waals surface area contributed by atoms with Gasteiger partial charge in [0.05, 0.1) is 59.6 Å². The molecule has 0 spiro atoms. The lowest BCUT2D eigenvalue weighted by Gasteiger charge is -2.59. The van der Waals surface area contributed by atoms with E-state index in [1.54, 1.807) is 13.8 Å². The average Bonchev–Trinajstić information content (AvgIpc) is 3.67. The predicted octanol–water partition coefficient (Wildman–Crippen LogP) is 10.4. The third kappa shape index (κ3) is 11.1. The van der Waals surface area contributed by atoms with Crippen LogP contribution in [0.15, 0.2) is 0 Å². The number of hydrogen-bond acceptors (Lipinski definition) is 14. The molecule has 398 valence electrons. The number of ether oxygens (including phenoxy) is 6. The minimum atomic E-state index is -0.901. The molecular formula is C56H90O14.